The van der Waals surface area contributed by atoms with Crippen molar-refractivity contribution < 1.29 is 28.2 Å². The number of hydrogen-bond donors (Lipinski definition) is 4. The number of rotatable bonds is 10. The molecule has 1 heterocycles. The molecule has 0 radical (unpaired) electrons. The van der Waals surface area contributed by atoms with Crippen LogP contribution >= 0.6 is 11.3 Å². The maximum atomic E-state index is 12.8. The second kappa shape index (κ2) is 10.9. The molecule has 0 aliphatic rings. The summed E-state index contributed by atoms with van der Waals surface area (Å²) in [5.41, 5.74) is 0.794. The Bertz CT molecular complexity index is 1030. The van der Waals surface area contributed by atoms with Gasteiger partial charge >= 0.3 is 0 Å². The monoisotopic (exact) mass is 484 g/mol. The van der Waals surface area contributed by atoms with E-state index < -0.39 is 40.2 Å². The van der Waals surface area contributed by atoms with Crippen molar-refractivity contribution in [2.75, 3.05) is 17.6 Å². The molecule has 12 heteroatoms. The Balaban J connectivity index is 2.23. The number of carbonyl (C=O) groups excluding carboxylic acids is 2. The van der Waals surface area contributed by atoms with E-state index in [-0.39, 0.29) is 23.2 Å². The lowest BCUT2D eigenvalue weighted by atomic mass is 9.94. The number of sulfonamides is 1. The highest BCUT2D eigenvalue weighted by Gasteiger charge is 2.32. The lowest BCUT2D eigenvalue weighted by Crippen LogP contribution is -2.55. The van der Waals surface area contributed by atoms with Gasteiger partial charge in [0.15, 0.2) is 5.13 Å². The fourth-order valence-electron chi connectivity index (χ4n) is 2.96. The topological polar surface area (TPSA) is 149 Å². The summed E-state index contributed by atoms with van der Waals surface area (Å²) >= 11 is 0.986. The number of aromatic nitrogens is 1. The zero-order valence-corrected chi connectivity index (χ0v) is 19.9. The molecule has 32 heavy (non-hydrogen) atoms. The van der Waals surface area contributed by atoms with E-state index in [0.29, 0.717) is 0 Å². The molecule has 0 saturated carbocycles. The van der Waals surface area contributed by atoms with Gasteiger partial charge in [0.1, 0.15) is 17.9 Å². The third-order valence-electron chi connectivity index (χ3n) is 4.81. The average molecular weight is 485 g/mol. The first-order valence-corrected chi connectivity index (χ1v) is 12.5. The first-order valence-electron chi connectivity index (χ1n) is 9.77. The summed E-state index contributed by atoms with van der Waals surface area (Å²) < 4.78 is 24.4. The SMILES string of the molecule is CC(=O)NC(C)C(O)C(O)C(Cc1ccccc1)NC(=O)c1csc(N(C)S(C)(=O)=O)n1. The van der Waals surface area contributed by atoms with Gasteiger partial charge in [-0.2, -0.15) is 0 Å². The van der Waals surface area contributed by atoms with Crippen LogP contribution in [0.15, 0.2) is 35.7 Å². The van der Waals surface area contributed by atoms with Crippen molar-refractivity contribution in [1.29, 1.82) is 0 Å². The van der Waals surface area contributed by atoms with Crippen LogP contribution in [0.5, 0.6) is 0 Å². The minimum atomic E-state index is -3.53. The standard InChI is InChI=1S/C20H28N4O6S2/c1-12(21-13(2)25)17(26)18(27)15(10-14-8-6-5-7-9-14)22-19(28)16-11-31-20(23-16)24(3)32(4,29)30/h5-9,11-12,15,17-18,26-27H,10H2,1-4H3,(H,21,25)(H,22,28). The number of aliphatic hydroxyl groups excluding tert-OH is 2. The van der Waals surface area contributed by atoms with Gasteiger partial charge in [0.25, 0.3) is 5.91 Å². The molecule has 0 aliphatic carbocycles. The van der Waals surface area contributed by atoms with Crippen molar-refractivity contribution >= 4 is 38.3 Å². The summed E-state index contributed by atoms with van der Waals surface area (Å²) in [5, 5.41) is 28.1. The fourth-order valence-corrected chi connectivity index (χ4v) is 4.50. The summed E-state index contributed by atoms with van der Waals surface area (Å²) in [6.45, 7) is 2.84. The molecular weight excluding hydrogens is 456 g/mol. The van der Waals surface area contributed by atoms with Crippen LogP contribution < -0.4 is 14.9 Å². The highest BCUT2D eigenvalue weighted by atomic mass is 32.2. The highest BCUT2D eigenvalue weighted by Crippen LogP contribution is 2.21. The highest BCUT2D eigenvalue weighted by molar-refractivity contribution is 7.92. The van der Waals surface area contributed by atoms with Crippen LogP contribution in [0.4, 0.5) is 5.13 Å². The third kappa shape index (κ3) is 6.99. The third-order valence-corrected chi connectivity index (χ3v) is 7.01. The minimum absolute atomic E-state index is 0.0184. The molecule has 2 amide bonds. The molecule has 2 aromatic rings. The number of benzene rings is 1. The first kappa shape index (κ1) is 25.7. The number of thiazole rings is 1. The van der Waals surface area contributed by atoms with Crippen molar-refractivity contribution in [3.8, 4) is 0 Å². The van der Waals surface area contributed by atoms with Crippen LogP contribution in [0.2, 0.25) is 0 Å². The first-order chi connectivity index (χ1) is 14.9. The minimum Gasteiger partial charge on any atom is -0.388 e. The Morgan fingerprint density at radius 2 is 1.78 bits per heavy atom. The average Bonchev–Trinajstić information content (AvgIpc) is 3.21. The number of hydrogen-bond acceptors (Lipinski definition) is 8. The van der Waals surface area contributed by atoms with Gasteiger partial charge in [-0.05, 0) is 18.9 Å². The second-order valence-electron chi connectivity index (χ2n) is 7.49. The molecule has 0 fully saturated rings. The van der Waals surface area contributed by atoms with Crippen molar-refractivity contribution in [2.24, 2.45) is 0 Å². The summed E-state index contributed by atoms with van der Waals surface area (Å²) in [4.78, 5) is 28.2. The van der Waals surface area contributed by atoms with E-state index in [2.05, 4.69) is 15.6 Å². The fraction of sp³-hybridized carbons (Fsp3) is 0.450. The van der Waals surface area contributed by atoms with Gasteiger partial charge in [-0.1, -0.05) is 30.3 Å². The van der Waals surface area contributed by atoms with Gasteiger partial charge in [0.05, 0.1) is 18.3 Å². The van der Waals surface area contributed by atoms with Crippen LogP contribution in [0.3, 0.4) is 0 Å². The second-order valence-corrected chi connectivity index (χ2v) is 10.3. The lowest BCUT2D eigenvalue weighted by Gasteiger charge is -2.31. The van der Waals surface area contributed by atoms with Crippen molar-refractivity contribution in [2.45, 2.75) is 44.6 Å². The summed E-state index contributed by atoms with van der Waals surface area (Å²) in [7, 11) is -2.20. The van der Waals surface area contributed by atoms with Crippen LogP contribution in [0.25, 0.3) is 0 Å². The van der Waals surface area contributed by atoms with Gasteiger partial charge in [0, 0.05) is 19.4 Å². The number of nitrogens with one attached hydrogen (secondary N) is 2. The van der Waals surface area contributed by atoms with E-state index >= 15 is 0 Å². The van der Waals surface area contributed by atoms with Crippen molar-refractivity contribution in [1.82, 2.24) is 15.6 Å². The number of amides is 2. The largest absolute Gasteiger partial charge is 0.388 e. The van der Waals surface area contributed by atoms with E-state index in [0.717, 1.165) is 27.5 Å². The van der Waals surface area contributed by atoms with Crippen LogP contribution in [0.1, 0.15) is 29.9 Å². The maximum absolute atomic E-state index is 12.8. The molecule has 1 aromatic heterocycles. The summed E-state index contributed by atoms with van der Waals surface area (Å²) in [5.74, 6) is -0.994. The van der Waals surface area contributed by atoms with E-state index in [1.807, 2.05) is 30.3 Å². The molecule has 0 spiro atoms. The van der Waals surface area contributed by atoms with E-state index in [1.54, 1.807) is 6.92 Å². The molecule has 1 aromatic carbocycles. The Morgan fingerprint density at radius 3 is 2.34 bits per heavy atom. The molecule has 0 saturated heterocycles. The van der Waals surface area contributed by atoms with E-state index in [4.69, 9.17) is 0 Å². The summed E-state index contributed by atoms with van der Waals surface area (Å²) in [6, 6.07) is 7.42. The van der Waals surface area contributed by atoms with Crippen LogP contribution in [0, 0.1) is 0 Å². The Labute approximate surface area is 191 Å². The van der Waals surface area contributed by atoms with Crippen LogP contribution in [-0.2, 0) is 21.2 Å². The number of nitrogens with zero attached hydrogens (tertiary/aromatic N) is 2. The van der Waals surface area contributed by atoms with Gasteiger partial charge in [-0.3, -0.25) is 9.59 Å². The molecule has 176 valence electrons. The number of carbonyl (C=O) groups is 2. The molecule has 4 N–H and O–H groups in total. The Kier molecular flexibility index (Phi) is 8.73. The molecular formula is C20H28N4O6S2. The Morgan fingerprint density at radius 1 is 1.16 bits per heavy atom. The zero-order valence-electron chi connectivity index (χ0n) is 18.2. The molecule has 4 atom stereocenters. The molecule has 10 nitrogen and oxygen atoms in total. The predicted molar refractivity (Wildman–Crippen MR) is 122 cm³/mol. The van der Waals surface area contributed by atoms with Crippen molar-refractivity contribution in [3.63, 3.8) is 0 Å². The molecule has 0 bridgehead atoms. The lowest BCUT2D eigenvalue weighted by molar-refractivity contribution is -0.121. The summed E-state index contributed by atoms with van der Waals surface area (Å²) in [6.07, 6.45) is -1.52. The molecule has 0 aliphatic heterocycles. The smallest absolute Gasteiger partial charge is 0.271 e. The predicted octanol–water partition coefficient (Wildman–Crippen LogP) is 0.126. The molecule has 4 unspecified atom stereocenters. The Hall–Kier alpha value is -2.54. The van der Waals surface area contributed by atoms with E-state index in [1.165, 1.54) is 19.4 Å². The number of aliphatic hydroxyl groups is 2. The zero-order chi connectivity index (χ0) is 24.1. The van der Waals surface area contributed by atoms with Crippen LogP contribution in [-0.4, -0.2) is 73.0 Å². The van der Waals surface area contributed by atoms with Gasteiger partial charge in [0.2, 0.25) is 15.9 Å². The molecule has 2 rings (SSSR count). The number of anilines is 1. The van der Waals surface area contributed by atoms with E-state index in [9.17, 15) is 28.2 Å². The van der Waals surface area contributed by atoms with Gasteiger partial charge in [-0.15, -0.1) is 11.3 Å². The quantitative estimate of drug-likeness (QED) is 0.374. The van der Waals surface area contributed by atoms with Gasteiger partial charge in [-0.25, -0.2) is 17.7 Å². The normalized spacial score (nSPS) is 15.3. The van der Waals surface area contributed by atoms with Gasteiger partial charge < -0.3 is 20.8 Å². The van der Waals surface area contributed by atoms with Crippen molar-refractivity contribution in [3.05, 3.63) is 47.0 Å². The maximum Gasteiger partial charge on any atom is 0.271 e.